The molecule has 23 heavy (non-hydrogen) atoms. The maximum atomic E-state index is 11.9. The summed E-state index contributed by atoms with van der Waals surface area (Å²) in [6.07, 6.45) is 13.2. The molecule has 0 bridgehead atoms. The molecule has 4 aliphatic carbocycles. The summed E-state index contributed by atoms with van der Waals surface area (Å²) in [4.78, 5) is 11.9. The van der Waals surface area contributed by atoms with Gasteiger partial charge in [0.2, 0.25) is 0 Å². The molecule has 2 fully saturated rings. The average molecular weight is 312 g/mol. The molecular formula is C21H28O2. The van der Waals surface area contributed by atoms with Gasteiger partial charge in [0.15, 0.2) is 0 Å². The summed E-state index contributed by atoms with van der Waals surface area (Å²) in [7, 11) is 0. The first-order valence-corrected chi connectivity index (χ1v) is 9.32. The van der Waals surface area contributed by atoms with Crippen molar-refractivity contribution in [3.63, 3.8) is 0 Å². The number of aliphatic hydroxyl groups is 1. The van der Waals surface area contributed by atoms with Crippen LogP contribution in [0.1, 0.15) is 65.2 Å². The van der Waals surface area contributed by atoms with Gasteiger partial charge in [0, 0.05) is 18.3 Å². The van der Waals surface area contributed by atoms with E-state index in [-0.39, 0.29) is 5.41 Å². The summed E-state index contributed by atoms with van der Waals surface area (Å²) in [6, 6.07) is 0. The van der Waals surface area contributed by atoms with E-state index in [4.69, 9.17) is 6.42 Å². The number of hydrogen-bond acceptors (Lipinski definition) is 2. The molecular weight excluding hydrogens is 284 g/mol. The predicted molar refractivity (Wildman–Crippen MR) is 90.5 cm³/mol. The SMILES string of the molecule is C#C[C@]1(O)CC[C@@H]2[C@H]3[C@H](C)CC4=C(CCC(=O)C4)[C@H]3CC[C@@]21C. The lowest BCUT2D eigenvalue weighted by Gasteiger charge is -2.55. The van der Waals surface area contributed by atoms with Crippen LogP contribution in [0.3, 0.4) is 0 Å². The molecule has 2 saturated carbocycles. The minimum Gasteiger partial charge on any atom is -0.377 e. The molecule has 0 aromatic rings. The van der Waals surface area contributed by atoms with Crippen molar-refractivity contribution in [2.45, 2.75) is 70.8 Å². The van der Waals surface area contributed by atoms with E-state index in [1.807, 2.05) is 0 Å². The van der Waals surface area contributed by atoms with Gasteiger partial charge in [-0.2, -0.15) is 0 Å². The molecule has 2 nitrogen and oxygen atoms in total. The number of rotatable bonds is 0. The van der Waals surface area contributed by atoms with Crippen LogP contribution in [0, 0.1) is 41.4 Å². The second-order valence-corrected chi connectivity index (χ2v) is 8.82. The molecule has 0 unspecified atom stereocenters. The Morgan fingerprint density at radius 1 is 1.26 bits per heavy atom. The van der Waals surface area contributed by atoms with Crippen molar-refractivity contribution >= 4 is 5.78 Å². The average Bonchev–Trinajstić information content (AvgIpc) is 2.79. The second-order valence-electron chi connectivity index (χ2n) is 8.82. The van der Waals surface area contributed by atoms with Crippen molar-refractivity contribution in [1.82, 2.24) is 0 Å². The fourth-order valence-electron chi connectivity index (χ4n) is 6.72. The highest BCUT2D eigenvalue weighted by Crippen LogP contribution is 2.65. The van der Waals surface area contributed by atoms with E-state index in [0.29, 0.717) is 35.9 Å². The molecule has 0 aliphatic heterocycles. The van der Waals surface area contributed by atoms with Crippen LogP contribution in [0.25, 0.3) is 0 Å². The molecule has 6 atom stereocenters. The Hall–Kier alpha value is -1.07. The third-order valence-corrected chi connectivity index (χ3v) is 7.93. The first-order valence-electron chi connectivity index (χ1n) is 9.32. The minimum absolute atomic E-state index is 0.125. The number of hydrogen-bond donors (Lipinski definition) is 1. The molecule has 1 N–H and O–H groups in total. The van der Waals surface area contributed by atoms with Gasteiger partial charge in [-0.25, -0.2) is 0 Å². The fourth-order valence-corrected chi connectivity index (χ4v) is 6.72. The van der Waals surface area contributed by atoms with Crippen LogP contribution in [0.2, 0.25) is 0 Å². The van der Waals surface area contributed by atoms with Crippen molar-refractivity contribution in [2.75, 3.05) is 0 Å². The van der Waals surface area contributed by atoms with E-state index in [0.717, 1.165) is 44.9 Å². The van der Waals surface area contributed by atoms with Gasteiger partial charge in [-0.15, -0.1) is 6.42 Å². The Kier molecular flexibility index (Phi) is 3.34. The molecule has 0 aromatic heterocycles. The molecule has 0 saturated heterocycles. The lowest BCUT2D eigenvalue weighted by atomic mass is 9.50. The summed E-state index contributed by atoms with van der Waals surface area (Å²) in [6.45, 7) is 4.60. The normalized spacial score (nSPS) is 49.2. The van der Waals surface area contributed by atoms with Crippen molar-refractivity contribution < 1.29 is 9.90 Å². The number of terminal acetylenes is 1. The molecule has 2 heteroatoms. The number of Topliss-reactive ketones (excluding diaryl/α,β-unsaturated/α-hetero) is 1. The highest BCUT2D eigenvalue weighted by atomic mass is 16.3. The lowest BCUT2D eigenvalue weighted by molar-refractivity contribution is -0.119. The first kappa shape index (κ1) is 15.5. The highest BCUT2D eigenvalue weighted by molar-refractivity contribution is 5.82. The van der Waals surface area contributed by atoms with Crippen LogP contribution in [0.5, 0.6) is 0 Å². The van der Waals surface area contributed by atoms with Crippen molar-refractivity contribution in [3.8, 4) is 12.3 Å². The number of carbonyl (C=O) groups excluding carboxylic acids is 1. The Morgan fingerprint density at radius 2 is 2.04 bits per heavy atom. The zero-order valence-electron chi connectivity index (χ0n) is 14.4. The van der Waals surface area contributed by atoms with E-state index < -0.39 is 5.60 Å². The van der Waals surface area contributed by atoms with Gasteiger partial charge in [-0.1, -0.05) is 30.9 Å². The van der Waals surface area contributed by atoms with E-state index in [1.165, 1.54) is 5.57 Å². The highest BCUT2D eigenvalue weighted by Gasteiger charge is 2.62. The van der Waals surface area contributed by atoms with Crippen LogP contribution in [0.4, 0.5) is 0 Å². The van der Waals surface area contributed by atoms with Crippen molar-refractivity contribution in [2.24, 2.45) is 29.1 Å². The van der Waals surface area contributed by atoms with Gasteiger partial charge in [0.25, 0.3) is 0 Å². The Bertz CT molecular complexity index is 624. The Labute approximate surface area is 139 Å². The van der Waals surface area contributed by atoms with Gasteiger partial charge in [-0.05, 0) is 62.2 Å². The van der Waals surface area contributed by atoms with Gasteiger partial charge >= 0.3 is 0 Å². The second kappa shape index (κ2) is 4.96. The summed E-state index contributed by atoms with van der Waals surface area (Å²) < 4.78 is 0. The molecule has 124 valence electrons. The zero-order chi connectivity index (χ0) is 16.4. The summed E-state index contributed by atoms with van der Waals surface area (Å²) in [5.41, 5.74) is 2.04. The van der Waals surface area contributed by atoms with Gasteiger partial charge in [-0.3, -0.25) is 4.79 Å². The van der Waals surface area contributed by atoms with Crippen LogP contribution < -0.4 is 0 Å². The largest absolute Gasteiger partial charge is 0.377 e. The Balaban J connectivity index is 1.72. The molecule has 0 radical (unpaired) electrons. The van der Waals surface area contributed by atoms with Crippen LogP contribution in [-0.4, -0.2) is 16.5 Å². The number of allylic oxidation sites excluding steroid dienone is 2. The lowest BCUT2D eigenvalue weighted by Crippen LogP contribution is -2.52. The van der Waals surface area contributed by atoms with Crippen LogP contribution >= 0.6 is 0 Å². The quantitative estimate of drug-likeness (QED) is 0.544. The van der Waals surface area contributed by atoms with Crippen molar-refractivity contribution in [1.29, 1.82) is 0 Å². The summed E-state index contributed by atoms with van der Waals surface area (Å²) >= 11 is 0. The van der Waals surface area contributed by atoms with E-state index in [2.05, 4.69) is 19.8 Å². The number of ketones is 1. The van der Waals surface area contributed by atoms with Gasteiger partial charge in [0.1, 0.15) is 11.4 Å². The molecule has 4 aliphatic rings. The van der Waals surface area contributed by atoms with E-state index in [1.54, 1.807) is 5.57 Å². The maximum Gasteiger partial charge on any atom is 0.137 e. The van der Waals surface area contributed by atoms with Crippen LogP contribution in [0.15, 0.2) is 11.1 Å². The zero-order valence-corrected chi connectivity index (χ0v) is 14.4. The van der Waals surface area contributed by atoms with E-state index >= 15 is 0 Å². The van der Waals surface area contributed by atoms with Crippen molar-refractivity contribution in [3.05, 3.63) is 11.1 Å². The third kappa shape index (κ3) is 1.96. The third-order valence-electron chi connectivity index (χ3n) is 7.93. The molecule has 0 spiro atoms. The minimum atomic E-state index is -0.917. The van der Waals surface area contributed by atoms with Gasteiger partial charge in [0.05, 0.1) is 0 Å². The predicted octanol–water partition coefficient (Wildman–Crippen LogP) is 3.88. The van der Waals surface area contributed by atoms with Gasteiger partial charge < -0.3 is 5.11 Å². The van der Waals surface area contributed by atoms with E-state index in [9.17, 15) is 9.90 Å². The summed E-state index contributed by atoms with van der Waals surface area (Å²) in [5.74, 6) is 5.60. The monoisotopic (exact) mass is 312 g/mol. The van der Waals surface area contributed by atoms with Crippen LogP contribution in [-0.2, 0) is 4.79 Å². The first-order chi connectivity index (χ1) is 10.9. The molecule has 0 aromatic carbocycles. The maximum absolute atomic E-state index is 11.9. The molecule has 4 rings (SSSR count). The molecule has 0 amide bonds. The fraction of sp³-hybridized carbons (Fsp3) is 0.762. The topological polar surface area (TPSA) is 37.3 Å². The smallest absolute Gasteiger partial charge is 0.137 e. The number of fused-ring (bicyclic) bond motifs is 4. The number of carbonyl (C=O) groups is 1. The molecule has 0 heterocycles. The summed E-state index contributed by atoms with van der Waals surface area (Å²) in [5, 5.41) is 11.0. The Morgan fingerprint density at radius 3 is 2.78 bits per heavy atom. The standard InChI is InChI=1S/C21H28O2/c1-4-21(23)10-8-18-19-13(2)11-14-12-15(22)5-6-16(14)17(19)7-9-20(18,21)3/h1,13,17-19,23H,5-12H2,2-3H3/t13-,17-,18-,19+,20+,21+/m1/s1.